The SMILES string of the molecule is O=C1NCC2(CCCC2)NC(=O)C2(C/C=C/COc3ccccc31)CNC2. The number of para-hydroxylation sites is 1. The molecule has 27 heavy (non-hydrogen) atoms. The smallest absolute Gasteiger partial charge is 0.255 e. The molecule has 0 atom stereocenters. The summed E-state index contributed by atoms with van der Waals surface area (Å²) >= 11 is 0. The van der Waals surface area contributed by atoms with Crippen LogP contribution in [0.25, 0.3) is 0 Å². The molecule has 1 aromatic rings. The first kappa shape index (κ1) is 18.0. The Balaban J connectivity index is 1.62. The Hall–Kier alpha value is -2.34. The molecule has 3 N–H and O–H groups in total. The van der Waals surface area contributed by atoms with Crippen molar-refractivity contribution in [2.75, 3.05) is 26.2 Å². The Morgan fingerprint density at radius 3 is 2.48 bits per heavy atom. The lowest BCUT2D eigenvalue weighted by Gasteiger charge is -2.43. The van der Waals surface area contributed by atoms with E-state index in [2.05, 4.69) is 16.0 Å². The Morgan fingerprint density at radius 1 is 0.963 bits per heavy atom. The van der Waals surface area contributed by atoms with Gasteiger partial charge in [-0.2, -0.15) is 0 Å². The average molecular weight is 369 g/mol. The average Bonchev–Trinajstić information content (AvgIpc) is 3.09. The summed E-state index contributed by atoms with van der Waals surface area (Å²) in [6.45, 7) is 2.20. The van der Waals surface area contributed by atoms with Gasteiger partial charge >= 0.3 is 0 Å². The number of carbonyl (C=O) groups is 2. The maximum absolute atomic E-state index is 13.1. The molecule has 1 saturated carbocycles. The fourth-order valence-corrected chi connectivity index (χ4v) is 4.24. The zero-order valence-corrected chi connectivity index (χ0v) is 15.6. The second-order valence-electron chi connectivity index (χ2n) is 7.99. The summed E-state index contributed by atoms with van der Waals surface area (Å²) in [5, 5.41) is 9.61. The molecule has 1 aliphatic carbocycles. The summed E-state index contributed by atoms with van der Waals surface area (Å²) in [6, 6.07) is 7.29. The van der Waals surface area contributed by atoms with Crippen LogP contribution in [0.3, 0.4) is 0 Å². The van der Waals surface area contributed by atoms with Crippen molar-refractivity contribution in [3.05, 3.63) is 42.0 Å². The van der Waals surface area contributed by atoms with Gasteiger partial charge in [0.2, 0.25) is 5.91 Å². The van der Waals surface area contributed by atoms with Gasteiger partial charge in [0.1, 0.15) is 12.4 Å². The van der Waals surface area contributed by atoms with Gasteiger partial charge in [0, 0.05) is 19.6 Å². The Kier molecular flexibility index (Phi) is 4.91. The zero-order chi connectivity index (χ0) is 18.7. The van der Waals surface area contributed by atoms with E-state index in [-0.39, 0.29) is 17.4 Å². The van der Waals surface area contributed by atoms with Crippen molar-refractivity contribution in [3.8, 4) is 5.75 Å². The van der Waals surface area contributed by atoms with Gasteiger partial charge in [-0.15, -0.1) is 0 Å². The first-order valence-corrected chi connectivity index (χ1v) is 9.81. The van der Waals surface area contributed by atoms with Gasteiger partial charge in [-0.3, -0.25) is 9.59 Å². The molecule has 6 nitrogen and oxygen atoms in total. The van der Waals surface area contributed by atoms with E-state index in [0.29, 0.717) is 44.0 Å². The Morgan fingerprint density at radius 2 is 1.74 bits per heavy atom. The van der Waals surface area contributed by atoms with Gasteiger partial charge in [0.05, 0.1) is 16.5 Å². The van der Waals surface area contributed by atoms with Crippen molar-refractivity contribution in [2.45, 2.75) is 37.6 Å². The van der Waals surface area contributed by atoms with Crippen molar-refractivity contribution in [1.82, 2.24) is 16.0 Å². The summed E-state index contributed by atoms with van der Waals surface area (Å²) in [7, 11) is 0. The lowest BCUT2D eigenvalue weighted by molar-refractivity contribution is -0.135. The first-order chi connectivity index (χ1) is 13.1. The third-order valence-corrected chi connectivity index (χ3v) is 6.08. The minimum Gasteiger partial charge on any atom is -0.489 e. The van der Waals surface area contributed by atoms with E-state index in [4.69, 9.17) is 4.74 Å². The maximum atomic E-state index is 13.1. The molecule has 6 heteroatoms. The monoisotopic (exact) mass is 369 g/mol. The molecule has 1 saturated heterocycles. The quantitative estimate of drug-likeness (QED) is 0.609. The minimum absolute atomic E-state index is 0.0976. The molecule has 3 aliphatic rings. The molecule has 1 aromatic carbocycles. The molecule has 4 rings (SSSR count). The summed E-state index contributed by atoms with van der Waals surface area (Å²) in [5.41, 5.74) is -0.209. The highest BCUT2D eigenvalue weighted by atomic mass is 16.5. The van der Waals surface area contributed by atoms with Gasteiger partial charge in [-0.05, 0) is 31.4 Å². The van der Waals surface area contributed by atoms with Crippen LogP contribution in [-0.4, -0.2) is 43.6 Å². The summed E-state index contributed by atoms with van der Waals surface area (Å²) in [5.74, 6) is 0.522. The van der Waals surface area contributed by atoms with E-state index in [9.17, 15) is 9.59 Å². The first-order valence-electron chi connectivity index (χ1n) is 9.81. The number of nitrogens with one attached hydrogen (secondary N) is 3. The lowest BCUT2D eigenvalue weighted by Crippen LogP contribution is -2.65. The van der Waals surface area contributed by atoms with E-state index in [1.54, 1.807) is 6.07 Å². The van der Waals surface area contributed by atoms with Crippen LogP contribution >= 0.6 is 0 Å². The van der Waals surface area contributed by atoms with Gasteiger partial charge in [-0.1, -0.05) is 37.1 Å². The molecule has 2 spiro atoms. The number of rotatable bonds is 0. The predicted molar refractivity (Wildman–Crippen MR) is 103 cm³/mol. The number of carbonyl (C=O) groups excluding carboxylic acids is 2. The molecule has 144 valence electrons. The van der Waals surface area contributed by atoms with Crippen molar-refractivity contribution in [3.63, 3.8) is 0 Å². The molecule has 2 aliphatic heterocycles. The number of fused-ring (bicyclic) bond motifs is 1. The highest BCUT2D eigenvalue weighted by Crippen LogP contribution is 2.34. The second-order valence-corrected chi connectivity index (χ2v) is 7.99. The van der Waals surface area contributed by atoms with Crippen LogP contribution in [0.5, 0.6) is 5.75 Å². The number of ether oxygens (including phenoxy) is 1. The van der Waals surface area contributed by atoms with E-state index < -0.39 is 5.41 Å². The molecule has 0 radical (unpaired) electrons. The Labute approximate surface area is 159 Å². The molecular formula is C21H27N3O3. The summed E-state index contributed by atoms with van der Waals surface area (Å²) in [6.07, 6.45) is 8.59. The van der Waals surface area contributed by atoms with Crippen LogP contribution in [0, 0.1) is 5.41 Å². The standard InChI is InChI=1S/C21H27N3O3/c25-18-16-7-1-2-8-17(16)27-12-6-5-9-20(13-22-14-20)19(26)24-21(15-23-18)10-3-4-11-21/h1-2,5-8,22H,3-4,9-15H2,(H,23,25)(H,24,26)/b6-5+. The van der Waals surface area contributed by atoms with Gasteiger partial charge < -0.3 is 20.7 Å². The van der Waals surface area contributed by atoms with E-state index >= 15 is 0 Å². The third kappa shape index (κ3) is 3.58. The fourth-order valence-electron chi connectivity index (χ4n) is 4.24. The molecule has 0 aromatic heterocycles. The van der Waals surface area contributed by atoms with Crippen molar-refractivity contribution >= 4 is 11.8 Å². The van der Waals surface area contributed by atoms with Crippen LogP contribution in [0.15, 0.2) is 36.4 Å². The number of benzene rings is 1. The van der Waals surface area contributed by atoms with Gasteiger partial charge in [0.15, 0.2) is 0 Å². The number of hydrogen-bond donors (Lipinski definition) is 3. The summed E-state index contributed by atoms with van der Waals surface area (Å²) < 4.78 is 5.80. The van der Waals surface area contributed by atoms with Gasteiger partial charge in [-0.25, -0.2) is 0 Å². The highest BCUT2D eigenvalue weighted by Gasteiger charge is 2.47. The largest absolute Gasteiger partial charge is 0.489 e. The molecule has 2 amide bonds. The number of hydrogen-bond acceptors (Lipinski definition) is 4. The van der Waals surface area contributed by atoms with Crippen LogP contribution in [0.1, 0.15) is 42.5 Å². The highest BCUT2D eigenvalue weighted by molar-refractivity contribution is 5.97. The van der Waals surface area contributed by atoms with E-state index in [1.807, 2.05) is 30.4 Å². The third-order valence-electron chi connectivity index (χ3n) is 6.08. The van der Waals surface area contributed by atoms with Crippen molar-refractivity contribution < 1.29 is 14.3 Å². The topological polar surface area (TPSA) is 79.5 Å². The van der Waals surface area contributed by atoms with Gasteiger partial charge in [0.25, 0.3) is 5.91 Å². The Bertz CT molecular complexity index is 749. The van der Waals surface area contributed by atoms with Crippen LogP contribution < -0.4 is 20.7 Å². The summed E-state index contributed by atoms with van der Waals surface area (Å²) in [4.78, 5) is 25.9. The zero-order valence-electron chi connectivity index (χ0n) is 15.6. The molecule has 2 fully saturated rings. The van der Waals surface area contributed by atoms with E-state index in [0.717, 1.165) is 25.7 Å². The normalized spacial score (nSPS) is 25.5. The fraction of sp³-hybridized carbons (Fsp3) is 0.524. The minimum atomic E-state index is -0.391. The van der Waals surface area contributed by atoms with Crippen molar-refractivity contribution in [1.29, 1.82) is 0 Å². The number of amides is 2. The number of allylic oxidation sites excluding steroid dienone is 1. The van der Waals surface area contributed by atoms with Crippen LogP contribution in [0.2, 0.25) is 0 Å². The molecular weight excluding hydrogens is 342 g/mol. The molecule has 2 heterocycles. The predicted octanol–water partition coefficient (Wildman–Crippen LogP) is 1.77. The van der Waals surface area contributed by atoms with E-state index in [1.165, 1.54) is 0 Å². The molecule has 0 bridgehead atoms. The lowest BCUT2D eigenvalue weighted by atomic mass is 9.76. The van der Waals surface area contributed by atoms with Crippen LogP contribution in [-0.2, 0) is 4.79 Å². The van der Waals surface area contributed by atoms with Crippen LogP contribution in [0.4, 0.5) is 0 Å². The maximum Gasteiger partial charge on any atom is 0.255 e. The van der Waals surface area contributed by atoms with Crippen molar-refractivity contribution in [2.24, 2.45) is 5.41 Å². The molecule has 0 unspecified atom stereocenters. The second kappa shape index (κ2) is 7.35.